The number of amides is 2. The van der Waals surface area contributed by atoms with E-state index in [9.17, 15) is 18.0 Å². The number of hydrogen-bond acceptors (Lipinski definition) is 5. The first-order valence-electron chi connectivity index (χ1n) is 14.6. The molecule has 46 heavy (non-hydrogen) atoms. The third-order valence-corrected chi connectivity index (χ3v) is 9.58. The highest BCUT2D eigenvalue weighted by molar-refractivity contribution is 7.92. The highest BCUT2D eigenvalue weighted by Gasteiger charge is 2.35. The maximum absolute atomic E-state index is 14.6. The van der Waals surface area contributed by atoms with Crippen LogP contribution in [-0.2, 0) is 32.6 Å². The van der Waals surface area contributed by atoms with Crippen LogP contribution in [0, 0.1) is 0 Å². The van der Waals surface area contributed by atoms with Gasteiger partial charge in [0, 0.05) is 24.6 Å². The van der Waals surface area contributed by atoms with E-state index in [0.717, 1.165) is 9.87 Å². The lowest BCUT2D eigenvalue weighted by atomic mass is 10.0. The number of sulfonamides is 1. The van der Waals surface area contributed by atoms with E-state index in [4.69, 9.17) is 27.9 Å². The van der Waals surface area contributed by atoms with Crippen LogP contribution in [-0.4, -0.2) is 50.4 Å². The third kappa shape index (κ3) is 9.02. The number of benzene rings is 4. The van der Waals surface area contributed by atoms with Crippen LogP contribution in [0.15, 0.2) is 108 Å². The van der Waals surface area contributed by atoms with Crippen molar-refractivity contribution in [3.63, 3.8) is 0 Å². The Bertz CT molecular complexity index is 1760. The first-order chi connectivity index (χ1) is 21.8. The molecule has 0 saturated carbocycles. The summed E-state index contributed by atoms with van der Waals surface area (Å²) < 4.78 is 34.6. The second kappa shape index (κ2) is 15.0. The van der Waals surface area contributed by atoms with E-state index >= 15 is 0 Å². The predicted octanol–water partition coefficient (Wildman–Crippen LogP) is 6.75. The number of rotatable bonds is 12. The van der Waals surface area contributed by atoms with E-state index in [2.05, 4.69) is 5.32 Å². The fourth-order valence-corrected chi connectivity index (χ4v) is 6.60. The minimum absolute atomic E-state index is 0.00737. The van der Waals surface area contributed by atoms with Crippen molar-refractivity contribution >= 4 is 50.7 Å². The van der Waals surface area contributed by atoms with Gasteiger partial charge in [-0.2, -0.15) is 0 Å². The molecule has 1 N–H and O–H groups in total. The van der Waals surface area contributed by atoms with E-state index in [1.54, 1.807) is 60.7 Å². The topological polar surface area (TPSA) is 96.0 Å². The van der Waals surface area contributed by atoms with Crippen LogP contribution in [0.25, 0.3) is 0 Å². The molecular formula is C35H37Cl2N3O5S. The first-order valence-corrected chi connectivity index (χ1v) is 16.8. The monoisotopic (exact) mass is 681 g/mol. The summed E-state index contributed by atoms with van der Waals surface area (Å²) in [5, 5.41) is 3.64. The molecule has 4 aromatic rings. The van der Waals surface area contributed by atoms with Gasteiger partial charge < -0.3 is 15.0 Å². The van der Waals surface area contributed by atoms with Crippen molar-refractivity contribution < 1.29 is 22.7 Å². The number of anilines is 1. The number of nitrogens with one attached hydrogen (secondary N) is 1. The molecule has 4 aromatic carbocycles. The number of carbonyl (C=O) groups is 2. The van der Waals surface area contributed by atoms with E-state index in [1.165, 1.54) is 24.1 Å². The summed E-state index contributed by atoms with van der Waals surface area (Å²) in [6, 6.07) is 27.6. The average Bonchev–Trinajstić information content (AvgIpc) is 3.03. The SMILES string of the molecule is COc1cccc(N(CC(=O)N(Cc2ccc(Cl)c(Cl)c2)C(Cc2ccccc2)C(=O)NC(C)(C)C)S(=O)(=O)c2ccccc2)c1. The fraction of sp³-hybridized carbons (Fsp3) is 0.257. The van der Waals surface area contributed by atoms with Crippen LogP contribution < -0.4 is 14.4 Å². The molecular weight excluding hydrogens is 645 g/mol. The number of methoxy groups -OCH3 is 1. The number of ether oxygens (including phenoxy) is 1. The number of halogens is 2. The summed E-state index contributed by atoms with van der Waals surface area (Å²) in [6.45, 7) is 4.92. The van der Waals surface area contributed by atoms with Crippen LogP contribution in [0.3, 0.4) is 0 Å². The van der Waals surface area contributed by atoms with E-state index in [-0.39, 0.29) is 34.5 Å². The minimum Gasteiger partial charge on any atom is -0.497 e. The highest BCUT2D eigenvalue weighted by atomic mass is 35.5. The Morgan fingerprint density at radius 2 is 1.48 bits per heavy atom. The zero-order valence-electron chi connectivity index (χ0n) is 26.1. The second-order valence-corrected chi connectivity index (χ2v) is 14.4. The lowest BCUT2D eigenvalue weighted by molar-refractivity contribution is -0.140. The number of carbonyl (C=O) groups excluding carboxylic acids is 2. The van der Waals surface area contributed by atoms with Gasteiger partial charge in [0.1, 0.15) is 18.3 Å². The van der Waals surface area contributed by atoms with Crippen molar-refractivity contribution in [2.75, 3.05) is 18.0 Å². The maximum Gasteiger partial charge on any atom is 0.264 e. The van der Waals surface area contributed by atoms with E-state index < -0.39 is 34.1 Å². The van der Waals surface area contributed by atoms with Crippen molar-refractivity contribution in [3.05, 3.63) is 124 Å². The summed E-state index contributed by atoms with van der Waals surface area (Å²) in [5.41, 5.74) is 1.06. The first kappa shape index (κ1) is 34.8. The van der Waals surface area contributed by atoms with Gasteiger partial charge in [0.2, 0.25) is 11.8 Å². The van der Waals surface area contributed by atoms with E-state index in [0.29, 0.717) is 16.3 Å². The minimum atomic E-state index is -4.24. The molecule has 1 atom stereocenters. The normalized spacial score (nSPS) is 12.2. The number of nitrogens with zero attached hydrogens (tertiary/aromatic N) is 2. The maximum atomic E-state index is 14.6. The van der Waals surface area contributed by atoms with Gasteiger partial charge in [0.15, 0.2) is 0 Å². The molecule has 0 aliphatic rings. The lowest BCUT2D eigenvalue weighted by Crippen LogP contribution is -2.56. The molecule has 1 unspecified atom stereocenters. The predicted molar refractivity (Wildman–Crippen MR) is 183 cm³/mol. The van der Waals surface area contributed by atoms with Gasteiger partial charge in [-0.05, 0) is 68.3 Å². The van der Waals surface area contributed by atoms with Crippen LogP contribution >= 0.6 is 23.2 Å². The van der Waals surface area contributed by atoms with Crippen LogP contribution in [0.4, 0.5) is 5.69 Å². The van der Waals surface area contributed by atoms with Crippen LogP contribution in [0.2, 0.25) is 10.0 Å². The lowest BCUT2D eigenvalue weighted by Gasteiger charge is -2.35. The quantitative estimate of drug-likeness (QED) is 0.178. The summed E-state index contributed by atoms with van der Waals surface area (Å²) in [7, 11) is -2.76. The van der Waals surface area contributed by atoms with Crippen molar-refractivity contribution in [1.29, 1.82) is 0 Å². The van der Waals surface area contributed by atoms with Crippen molar-refractivity contribution in [2.45, 2.75) is 50.2 Å². The smallest absolute Gasteiger partial charge is 0.264 e. The van der Waals surface area contributed by atoms with Crippen molar-refractivity contribution in [3.8, 4) is 5.75 Å². The third-order valence-electron chi connectivity index (χ3n) is 7.06. The van der Waals surface area contributed by atoms with Crippen molar-refractivity contribution in [1.82, 2.24) is 10.2 Å². The molecule has 0 bridgehead atoms. The Labute approximate surface area is 280 Å². The molecule has 242 valence electrons. The summed E-state index contributed by atoms with van der Waals surface area (Å²) in [6.07, 6.45) is 0.181. The number of hydrogen-bond donors (Lipinski definition) is 1. The Hall–Kier alpha value is -4.05. The molecule has 0 aliphatic carbocycles. The van der Waals surface area contributed by atoms with Gasteiger partial charge in [-0.3, -0.25) is 13.9 Å². The molecule has 11 heteroatoms. The van der Waals surface area contributed by atoms with Gasteiger partial charge in [-0.1, -0.05) is 83.9 Å². The van der Waals surface area contributed by atoms with Crippen LogP contribution in [0.5, 0.6) is 5.75 Å². The molecule has 0 radical (unpaired) electrons. The van der Waals surface area contributed by atoms with Gasteiger partial charge in [0.05, 0.1) is 27.7 Å². The van der Waals surface area contributed by atoms with Gasteiger partial charge in [-0.15, -0.1) is 0 Å². The highest BCUT2D eigenvalue weighted by Crippen LogP contribution is 2.29. The molecule has 0 spiro atoms. The Kier molecular flexibility index (Phi) is 11.4. The van der Waals surface area contributed by atoms with Gasteiger partial charge >= 0.3 is 0 Å². The molecule has 4 rings (SSSR count). The molecule has 8 nitrogen and oxygen atoms in total. The zero-order valence-corrected chi connectivity index (χ0v) is 28.4. The molecule has 0 aliphatic heterocycles. The standard InChI is InChI=1S/C35H37Cl2N3O5S/c1-35(2,3)38-34(42)32(21-25-12-7-5-8-13-25)39(23-26-18-19-30(36)31(37)20-26)33(41)24-40(27-14-11-15-28(22-27)45-4)46(43,44)29-16-9-6-10-17-29/h5-20,22,32H,21,23-24H2,1-4H3,(H,38,42). The Morgan fingerprint density at radius 1 is 0.826 bits per heavy atom. The average molecular weight is 683 g/mol. The zero-order chi connectivity index (χ0) is 33.5. The Balaban J connectivity index is 1.84. The fourth-order valence-electron chi connectivity index (χ4n) is 4.86. The Morgan fingerprint density at radius 3 is 2.09 bits per heavy atom. The van der Waals surface area contributed by atoms with Gasteiger partial charge in [-0.25, -0.2) is 8.42 Å². The van der Waals surface area contributed by atoms with Gasteiger partial charge in [0.25, 0.3) is 10.0 Å². The molecule has 0 fully saturated rings. The summed E-state index contributed by atoms with van der Waals surface area (Å²) in [4.78, 5) is 30.0. The second-order valence-electron chi connectivity index (χ2n) is 11.7. The molecule has 0 saturated heterocycles. The van der Waals surface area contributed by atoms with Crippen molar-refractivity contribution in [2.24, 2.45) is 0 Å². The molecule has 2 amide bonds. The molecule has 0 heterocycles. The molecule has 0 aromatic heterocycles. The summed E-state index contributed by atoms with van der Waals surface area (Å²) >= 11 is 12.5. The largest absolute Gasteiger partial charge is 0.497 e. The summed E-state index contributed by atoms with van der Waals surface area (Å²) in [5.74, 6) is -0.570. The van der Waals surface area contributed by atoms with E-state index in [1.807, 2.05) is 51.1 Å². The van der Waals surface area contributed by atoms with Crippen LogP contribution in [0.1, 0.15) is 31.9 Å².